The number of hydrogen-bond donors (Lipinski definition) is 4. The molecule has 0 aliphatic rings. The minimum atomic E-state index is -4.28. The fourth-order valence-electron chi connectivity index (χ4n) is 11.2. The van der Waals surface area contributed by atoms with Crippen LogP contribution in [0.25, 0.3) is 10.4 Å². The van der Waals surface area contributed by atoms with E-state index in [2.05, 4.69) is 14.3 Å². The molecule has 0 unspecified atom stereocenters. The standard InChI is InChI=1S/C29H25FN4O7S2.C22H20FN5O4S2.C22H22FN3O4S2.C7H5NO4.CH4O.B.Na.H/c30-27-14-11-22(17-28(27)34(38)39)20-32(15-16-42-25-7-2-1-3-8-25)19-21-9-12-26(13-10-21)43(40,41)31-29(35)23-5-4-6-24(18-23)33(36)37;23-21-11-8-18(14-22(21)28(29)30)16-27(12-13-33-19-4-2-1-3-5-19)15-17-6-9-20(10-7-17)34(31,32)26-25-24;23-21-11-8-18(14-22(21)26(27)28)16-25(12-13-31-19-4-2-1-3-5-19)15-17-6-9-20(10-7-17)32(24,29)30;9-7(10)5-2-1-3-6(4-5)8(11)12;1-2;;;/h1-14,17-18H,15-16,19-20H2,(H,31,35);1-11,14H,12-13,15-16H2;1-11,14H,12-13,15-16H2,(H2,24,29,30);1-4H,(H,9,10);2H,1H3;;;/q;;;;;;+1;-1. The molecular weight excluding hydrogens is 1760 g/mol. The van der Waals surface area contributed by atoms with E-state index in [9.17, 15) is 98.6 Å². The number of nitro groups is 5. The topological polar surface area (TPSA) is 489 Å². The van der Waals surface area contributed by atoms with Gasteiger partial charge < -0.3 is 11.6 Å². The van der Waals surface area contributed by atoms with Crippen molar-refractivity contribution in [1.29, 1.82) is 0 Å². The maximum absolute atomic E-state index is 13.9. The van der Waals surface area contributed by atoms with E-state index in [0.29, 0.717) is 74.8 Å². The summed E-state index contributed by atoms with van der Waals surface area (Å²) in [5.74, 6) is -2.68. The van der Waals surface area contributed by atoms with Crippen LogP contribution < -0.4 is 39.4 Å². The number of carboxylic acid groups (broad SMARTS) is 1. The first-order valence-electron chi connectivity index (χ1n) is 36.0. The molecule has 33 nitrogen and oxygen atoms in total. The molecule has 647 valence electrons. The van der Waals surface area contributed by atoms with Crippen LogP contribution >= 0.6 is 35.3 Å². The van der Waals surface area contributed by atoms with E-state index >= 15 is 0 Å². The van der Waals surface area contributed by atoms with Gasteiger partial charge in [0.15, 0.2) is 0 Å². The third-order valence-corrected chi connectivity index (χ3v) is 23.4. The van der Waals surface area contributed by atoms with Gasteiger partial charge in [-0.1, -0.05) is 121 Å². The third-order valence-electron chi connectivity index (χ3n) is 17.0. The van der Waals surface area contributed by atoms with Crippen LogP contribution in [-0.2, 0) is 69.3 Å². The van der Waals surface area contributed by atoms with E-state index in [0.717, 1.165) is 80.3 Å². The second kappa shape index (κ2) is 51.5. The maximum atomic E-state index is 13.9. The zero-order chi connectivity index (χ0) is 89.8. The summed E-state index contributed by atoms with van der Waals surface area (Å²) < 4.78 is 118. The number of halogens is 3. The van der Waals surface area contributed by atoms with Crippen molar-refractivity contribution in [3.05, 3.63) is 390 Å². The Balaban J connectivity index is 0.000000367. The second-order valence-corrected chi connectivity index (χ2v) is 34.1. The number of nitro benzene ring substituents is 5. The summed E-state index contributed by atoms with van der Waals surface area (Å²) >= 11 is 4.96. The molecule has 0 atom stereocenters. The number of nitrogens with zero attached hydrogens (tertiary/aromatic N) is 11. The summed E-state index contributed by atoms with van der Waals surface area (Å²) in [6, 6.07) is 68.6. The number of aliphatic hydroxyl groups is 1. The second-order valence-electron chi connectivity index (χ2n) is 25.7. The van der Waals surface area contributed by atoms with Crippen LogP contribution in [0.3, 0.4) is 0 Å². The number of rotatable bonds is 36. The molecule has 11 rings (SSSR count). The number of aliphatic hydroxyl groups excluding tert-OH is 1. The monoisotopic (exact) mass is 1830 g/mol. The van der Waals surface area contributed by atoms with Crippen molar-refractivity contribution in [2.45, 2.75) is 68.6 Å². The maximum Gasteiger partial charge on any atom is 1.00 e. The van der Waals surface area contributed by atoms with Gasteiger partial charge in [0, 0.05) is 164 Å². The van der Waals surface area contributed by atoms with Crippen molar-refractivity contribution in [3.63, 3.8) is 0 Å². The van der Waals surface area contributed by atoms with E-state index in [1.54, 1.807) is 71.7 Å². The van der Waals surface area contributed by atoms with Crippen LogP contribution in [0.4, 0.5) is 41.6 Å². The van der Waals surface area contributed by atoms with Crippen LogP contribution in [0, 0.1) is 68.0 Å². The number of non-ortho nitro benzene ring substituents is 2. The van der Waals surface area contributed by atoms with Crippen molar-refractivity contribution in [2.75, 3.05) is 44.0 Å². The molecule has 11 aromatic carbocycles. The number of carboxylic acids is 1. The molecule has 0 aliphatic carbocycles. The Morgan fingerprint density at radius 2 is 0.728 bits per heavy atom. The Hall–Kier alpha value is -11.8. The Morgan fingerprint density at radius 1 is 0.432 bits per heavy atom. The molecule has 125 heavy (non-hydrogen) atoms. The average Bonchev–Trinajstić information content (AvgIpc) is 0.708. The fraction of sp³-hybridized carbons (Fsp3) is 0.160. The van der Waals surface area contributed by atoms with E-state index < -0.39 is 101 Å². The summed E-state index contributed by atoms with van der Waals surface area (Å²) in [5, 5.41) is 75.2. The van der Waals surface area contributed by atoms with Crippen LogP contribution in [0.1, 0.15) is 55.5 Å². The number of azide groups is 1. The van der Waals surface area contributed by atoms with Gasteiger partial charge in [0.2, 0.25) is 27.5 Å². The van der Waals surface area contributed by atoms with Crippen molar-refractivity contribution in [3.8, 4) is 0 Å². The van der Waals surface area contributed by atoms with E-state index in [1.807, 2.05) is 106 Å². The molecular formula is C81H77BF3N13NaO20S6. The predicted octanol–water partition coefficient (Wildman–Crippen LogP) is 12.9. The van der Waals surface area contributed by atoms with Crippen LogP contribution in [0.2, 0.25) is 0 Å². The molecule has 0 aromatic heterocycles. The summed E-state index contributed by atoms with van der Waals surface area (Å²) in [4.78, 5) is 85.3. The fourth-order valence-corrected chi connectivity index (χ4v) is 16.1. The molecule has 0 fully saturated rings. The minimum Gasteiger partial charge on any atom is -1.00 e. The van der Waals surface area contributed by atoms with Gasteiger partial charge in [0.1, 0.15) is 0 Å². The number of thioether (sulfide) groups is 3. The molecule has 0 saturated heterocycles. The smallest absolute Gasteiger partial charge is 1.00 e. The number of nitrogens with one attached hydrogen (secondary N) is 1. The van der Waals surface area contributed by atoms with Gasteiger partial charge in [-0.25, -0.2) is 39.9 Å². The number of nitrogens with two attached hydrogens (primary N) is 1. The molecule has 0 heterocycles. The third kappa shape index (κ3) is 34.7. The number of amides is 1. The number of primary sulfonamides is 1. The average molecular weight is 1840 g/mol. The molecule has 0 aliphatic heterocycles. The van der Waals surface area contributed by atoms with Gasteiger partial charge in [0.05, 0.1) is 44.9 Å². The van der Waals surface area contributed by atoms with E-state index in [1.165, 1.54) is 109 Å². The van der Waals surface area contributed by atoms with Crippen LogP contribution in [0.15, 0.2) is 301 Å². The zero-order valence-corrected chi connectivity index (χ0v) is 73.2. The zero-order valence-electron chi connectivity index (χ0n) is 67.3. The molecule has 3 radical (unpaired) electrons. The van der Waals surface area contributed by atoms with E-state index in [-0.39, 0.29) is 83.1 Å². The van der Waals surface area contributed by atoms with Gasteiger partial charge in [0.25, 0.3) is 37.3 Å². The van der Waals surface area contributed by atoms with Gasteiger partial charge in [-0.2, -0.15) is 13.2 Å². The molecule has 44 heteroatoms. The van der Waals surface area contributed by atoms with Crippen molar-refractivity contribution in [1.82, 2.24) is 19.4 Å². The number of carbonyl (C=O) groups excluding carboxylic acids is 1. The number of sulfonamides is 3. The Morgan fingerprint density at radius 3 is 1.03 bits per heavy atom. The molecule has 0 saturated carbocycles. The number of carbonyl (C=O) groups is 2. The molecule has 5 N–H and O–H groups in total. The van der Waals surface area contributed by atoms with Gasteiger partial charge in [-0.3, -0.25) is 70.1 Å². The summed E-state index contributed by atoms with van der Waals surface area (Å²) in [7, 11) is -11.1. The Bertz CT molecular complexity index is 5890. The quantitative estimate of drug-likeness (QED) is 0.00539. The van der Waals surface area contributed by atoms with Crippen LogP contribution in [-0.4, -0.2) is 139 Å². The molecule has 11 aromatic rings. The minimum absolute atomic E-state index is 0. The first kappa shape index (κ1) is 104. The largest absolute Gasteiger partial charge is 1.00 e. The first-order chi connectivity index (χ1) is 58.6. The number of hydrogen-bond acceptors (Lipinski definition) is 25. The summed E-state index contributed by atoms with van der Waals surface area (Å²) in [6.07, 6.45) is 0. The Kier molecular flexibility index (Phi) is 42.7. The molecule has 0 spiro atoms. The molecule has 0 bridgehead atoms. The molecule has 1 amide bonds. The number of aromatic carboxylic acids is 1. The normalized spacial score (nSPS) is 10.9. The van der Waals surface area contributed by atoms with E-state index in [4.69, 9.17) is 20.9 Å². The van der Waals surface area contributed by atoms with Gasteiger partial charge in [-0.15, -0.1) is 35.3 Å². The Labute approximate surface area is 753 Å². The summed E-state index contributed by atoms with van der Waals surface area (Å²) in [6.45, 7) is 4.04. The first-order valence-corrected chi connectivity index (χ1v) is 43.4. The SMILES string of the molecule is CO.NS(=O)(=O)c1ccc(CN(CCSc2ccccc2)Cc2ccc(F)c([N+](=O)[O-])c2)cc1.O=C(NS(=O)(=O)c1ccc(CN(CCSc2ccccc2)Cc2ccc(F)c([N+](=O)[O-])c2)cc1)c1cccc([N+](=O)[O-])c1.O=C(O)c1cccc([N+](=O)[O-])c1.[B].[H-].[N-]=[N+]=NS(=O)(=O)c1ccc(CN(CCSc2ccccc2)Cc2ccc(F)c([N+](=O)[O-])c2)cc1.[Na+]. The predicted molar refractivity (Wildman–Crippen MR) is 463 cm³/mol. The van der Waals surface area contributed by atoms with Crippen molar-refractivity contribution >= 4 is 114 Å². The van der Waals surface area contributed by atoms with Gasteiger partial charge >= 0.3 is 52.6 Å². The van der Waals surface area contributed by atoms with Crippen molar-refractivity contribution < 1.29 is 114 Å². The summed E-state index contributed by atoms with van der Waals surface area (Å²) in [5.41, 5.74) is 9.96. The van der Waals surface area contributed by atoms with Crippen molar-refractivity contribution in [2.24, 2.45) is 9.66 Å². The van der Waals surface area contributed by atoms with Gasteiger partial charge in [-0.05, 0) is 142 Å². The number of benzene rings is 11. The van der Waals surface area contributed by atoms with Crippen LogP contribution in [0.5, 0.6) is 0 Å².